The number of ether oxygens (including phenoxy) is 1. The van der Waals surface area contributed by atoms with Crippen molar-refractivity contribution < 1.29 is 35.4 Å². The Morgan fingerprint density at radius 1 is 1.29 bits per heavy atom. The molecule has 7 N–H and O–H groups in total. The zero-order chi connectivity index (χ0) is 15.8. The lowest BCUT2D eigenvalue weighted by molar-refractivity contribution is -0.337. The average molecular weight is 301 g/mol. The smallest absolute Gasteiger partial charge is 0.255 e. The maximum atomic E-state index is 10.2. The van der Waals surface area contributed by atoms with Crippen LogP contribution in [0.2, 0.25) is 0 Å². The van der Waals surface area contributed by atoms with Crippen LogP contribution in [0.3, 0.4) is 0 Å². The van der Waals surface area contributed by atoms with Gasteiger partial charge in [-0.1, -0.05) is 6.07 Å². The predicted molar refractivity (Wildman–Crippen MR) is 70.2 cm³/mol. The quantitative estimate of drug-likeness (QED) is 0.335. The van der Waals surface area contributed by atoms with Crippen LogP contribution in [0.1, 0.15) is 18.5 Å². The fourth-order valence-electron chi connectivity index (χ4n) is 2.25. The summed E-state index contributed by atoms with van der Waals surface area (Å²) in [4.78, 5) is 0. The van der Waals surface area contributed by atoms with E-state index in [4.69, 9.17) is 4.74 Å². The number of aliphatic hydroxyl groups excluding tert-OH is 3. The number of phenolic OH excluding ortho intramolecular Hbond substituents is 2. The highest BCUT2D eigenvalue weighted by Gasteiger charge is 2.49. The Morgan fingerprint density at radius 2 is 1.95 bits per heavy atom. The number of nitrogens with one attached hydrogen (secondary N) is 1. The van der Waals surface area contributed by atoms with E-state index in [1.54, 1.807) is 6.92 Å². The first-order chi connectivity index (χ1) is 9.74. The molecule has 0 bridgehead atoms. The summed E-state index contributed by atoms with van der Waals surface area (Å²) in [6.45, 7) is 1.22. The largest absolute Gasteiger partial charge is 0.508 e. The fraction of sp³-hybridized carbons (Fsp3) is 0.538. The molecule has 1 aromatic rings. The lowest BCUT2D eigenvalue weighted by Gasteiger charge is -2.43. The van der Waals surface area contributed by atoms with Crippen molar-refractivity contribution >= 4 is 0 Å². The summed E-state index contributed by atoms with van der Waals surface area (Å²) >= 11 is 0. The van der Waals surface area contributed by atoms with Crippen LogP contribution in [0.4, 0.5) is 0 Å². The molecule has 1 saturated heterocycles. The van der Waals surface area contributed by atoms with Crippen molar-refractivity contribution in [3.8, 4) is 11.5 Å². The molecule has 1 aliphatic rings. The van der Waals surface area contributed by atoms with Crippen molar-refractivity contribution in [2.45, 2.75) is 37.2 Å². The van der Waals surface area contributed by atoms with Gasteiger partial charge >= 0.3 is 0 Å². The molecule has 0 amide bonds. The van der Waals surface area contributed by atoms with Gasteiger partial charge in [0.2, 0.25) is 0 Å². The lowest BCUT2D eigenvalue weighted by Crippen LogP contribution is -2.67. The Morgan fingerprint density at radius 3 is 2.57 bits per heavy atom. The van der Waals surface area contributed by atoms with Crippen molar-refractivity contribution in [1.29, 1.82) is 0 Å². The molecule has 118 valence electrons. The van der Waals surface area contributed by atoms with E-state index in [1.165, 1.54) is 12.1 Å². The molecule has 2 unspecified atom stereocenters. The number of rotatable bonds is 3. The maximum absolute atomic E-state index is 10.2. The monoisotopic (exact) mass is 301 g/mol. The third-order valence-corrected chi connectivity index (χ3v) is 3.50. The molecular weight excluding hydrogens is 282 g/mol. The van der Waals surface area contributed by atoms with Crippen LogP contribution in [0, 0.1) is 0 Å². The van der Waals surface area contributed by atoms with Crippen molar-refractivity contribution in [2.24, 2.45) is 0 Å². The minimum Gasteiger partial charge on any atom is -0.508 e. The summed E-state index contributed by atoms with van der Waals surface area (Å²) in [6, 6.07) is 3.25. The van der Waals surface area contributed by atoms with Crippen LogP contribution in [0.15, 0.2) is 18.2 Å². The highest BCUT2D eigenvalue weighted by atomic mass is 16.7. The molecule has 0 aromatic heterocycles. The van der Waals surface area contributed by atoms with E-state index in [9.17, 15) is 30.6 Å². The van der Waals surface area contributed by atoms with E-state index in [-0.39, 0.29) is 18.1 Å². The van der Waals surface area contributed by atoms with Crippen LogP contribution in [-0.2, 0) is 4.74 Å². The Bertz CT molecular complexity index is 511. The first kappa shape index (κ1) is 16.0. The standard InChI is InChI=1S/C13H19NO7/c1-6(8-3-2-7(15)4-9(8)16)14-13(20)12(19)11(18)10(17)5-21-13/h2-4,6,10-12,14-20H,5H2,1H3/t6?,10-,11+,12-,13?/m1/s1. The molecular formula is C13H19NO7. The SMILES string of the molecule is CC(NC1(O)OC[C@@H](O)[C@H](O)[C@H]1O)c1ccc(O)cc1O. The van der Waals surface area contributed by atoms with Gasteiger partial charge < -0.3 is 35.4 Å². The third-order valence-electron chi connectivity index (χ3n) is 3.50. The highest BCUT2D eigenvalue weighted by Crippen LogP contribution is 2.31. The Kier molecular flexibility index (Phi) is 4.38. The normalized spacial score (nSPS) is 34.6. The molecule has 0 aliphatic carbocycles. The number of hydrogen-bond acceptors (Lipinski definition) is 8. The van der Waals surface area contributed by atoms with Crippen molar-refractivity contribution in [3.05, 3.63) is 23.8 Å². The van der Waals surface area contributed by atoms with Gasteiger partial charge in [-0.3, -0.25) is 5.32 Å². The highest BCUT2D eigenvalue weighted by molar-refractivity contribution is 5.40. The fourth-order valence-corrected chi connectivity index (χ4v) is 2.25. The summed E-state index contributed by atoms with van der Waals surface area (Å²) in [5.74, 6) is -2.60. The van der Waals surface area contributed by atoms with Crippen LogP contribution in [0.25, 0.3) is 0 Å². The van der Waals surface area contributed by atoms with Gasteiger partial charge in [-0.25, -0.2) is 0 Å². The molecule has 1 aliphatic heterocycles. The Labute approximate surface area is 120 Å². The molecule has 1 heterocycles. The second-order valence-electron chi connectivity index (χ2n) is 5.12. The number of aliphatic hydroxyl groups is 4. The first-order valence-electron chi connectivity index (χ1n) is 6.44. The van der Waals surface area contributed by atoms with E-state index in [0.717, 1.165) is 6.07 Å². The molecule has 0 saturated carbocycles. The first-order valence-corrected chi connectivity index (χ1v) is 6.44. The number of phenols is 2. The molecule has 0 spiro atoms. The van der Waals surface area contributed by atoms with Crippen LogP contribution < -0.4 is 5.32 Å². The molecule has 21 heavy (non-hydrogen) atoms. The van der Waals surface area contributed by atoms with E-state index in [0.29, 0.717) is 5.56 Å². The van der Waals surface area contributed by atoms with E-state index >= 15 is 0 Å². The van der Waals surface area contributed by atoms with E-state index in [1.807, 2.05) is 0 Å². The minimum atomic E-state index is -2.28. The number of aromatic hydroxyl groups is 2. The molecule has 5 atom stereocenters. The molecule has 8 nitrogen and oxygen atoms in total. The molecule has 2 rings (SSSR count). The van der Waals surface area contributed by atoms with Gasteiger partial charge in [0.1, 0.15) is 23.7 Å². The van der Waals surface area contributed by atoms with Crippen LogP contribution in [0.5, 0.6) is 11.5 Å². The lowest BCUT2D eigenvalue weighted by atomic mass is 10.00. The van der Waals surface area contributed by atoms with Gasteiger partial charge in [-0.05, 0) is 13.0 Å². The van der Waals surface area contributed by atoms with Crippen molar-refractivity contribution in [2.75, 3.05) is 6.61 Å². The average Bonchev–Trinajstić information content (AvgIpc) is 2.41. The summed E-state index contributed by atoms with van der Waals surface area (Å²) in [5, 5.41) is 60.6. The number of hydrogen-bond donors (Lipinski definition) is 7. The summed E-state index contributed by atoms with van der Waals surface area (Å²) in [6.07, 6.45) is -4.65. The predicted octanol–water partition coefficient (Wildman–Crippen LogP) is -1.49. The van der Waals surface area contributed by atoms with Crippen LogP contribution >= 0.6 is 0 Å². The zero-order valence-corrected chi connectivity index (χ0v) is 11.3. The Hall–Kier alpha value is -1.42. The maximum Gasteiger partial charge on any atom is 0.255 e. The summed E-state index contributed by atoms with van der Waals surface area (Å²) in [7, 11) is 0. The van der Waals surface area contributed by atoms with Crippen molar-refractivity contribution in [3.63, 3.8) is 0 Å². The van der Waals surface area contributed by atoms with Gasteiger partial charge in [0, 0.05) is 17.7 Å². The second kappa shape index (κ2) is 5.76. The van der Waals surface area contributed by atoms with Crippen molar-refractivity contribution in [1.82, 2.24) is 5.32 Å². The topological polar surface area (TPSA) is 143 Å². The third kappa shape index (κ3) is 3.10. The van der Waals surface area contributed by atoms with Gasteiger partial charge in [0.25, 0.3) is 5.91 Å². The zero-order valence-electron chi connectivity index (χ0n) is 11.3. The van der Waals surface area contributed by atoms with Gasteiger partial charge in [0.15, 0.2) is 6.10 Å². The molecule has 8 heteroatoms. The molecule has 1 fully saturated rings. The van der Waals surface area contributed by atoms with Crippen LogP contribution in [-0.4, -0.2) is 61.5 Å². The van der Waals surface area contributed by atoms with E-state index in [2.05, 4.69) is 5.32 Å². The van der Waals surface area contributed by atoms with Gasteiger partial charge in [-0.2, -0.15) is 0 Å². The number of benzene rings is 1. The minimum absolute atomic E-state index is 0.116. The Balaban J connectivity index is 2.16. The van der Waals surface area contributed by atoms with Gasteiger partial charge in [0.05, 0.1) is 6.61 Å². The summed E-state index contributed by atoms with van der Waals surface area (Å²) in [5.41, 5.74) is 0.345. The molecule has 0 radical (unpaired) electrons. The van der Waals surface area contributed by atoms with Gasteiger partial charge in [-0.15, -0.1) is 0 Å². The second-order valence-corrected chi connectivity index (χ2v) is 5.12. The molecule has 1 aromatic carbocycles. The summed E-state index contributed by atoms with van der Waals surface area (Å²) < 4.78 is 4.97. The van der Waals surface area contributed by atoms with E-state index < -0.39 is 30.3 Å².